The van der Waals surface area contributed by atoms with E-state index in [0.29, 0.717) is 12.4 Å². The molecule has 2 aromatic heterocycles. The lowest BCUT2D eigenvalue weighted by atomic mass is 10.1. The average Bonchev–Trinajstić information content (AvgIpc) is 2.68. The molecule has 2 heterocycles. The molecule has 0 bridgehead atoms. The van der Waals surface area contributed by atoms with Crippen LogP contribution >= 0.6 is 0 Å². The van der Waals surface area contributed by atoms with Gasteiger partial charge in [-0.05, 0) is 47.9 Å². The van der Waals surface area contributed by atoms with E-state index >= 15 is 0 Å². The van der Waals surface area contributed by atoms with Gasteiger partial charge < -0.3 is 10.6 Å². The molecule has 0 saturated carbocycles. The fraction of sp³-hybridized carbons (Fsp3) is 0.158. The first-order chi connectivity index (χ1) is 12.2. The average molecular weight is 333 g/mol. The van der Waals surface area contributed by atoms with Crippen LogP contribution in [0.1, 0.15) is 28.5 Å². The van der Waals surface area contributed by atoms with Gasteiger partial charge in [-0.1, -0.05) is 25.1 Å². The van der Waals surface area contributed by atoms with Crippen LogP contribution in [0.4, 0.5) is 11.5 Å². The maximum Gasteiger partial charge on any atom is 0.272 e. The van der Waals surface area contributed by atoms with Crippen LogP contribution in [0.5, 0.6) is 0 Å². The van der Waals surface area contributed by atoms with Gasteiger partial charge in [-0.2, -0.15) is 0 Å². The van der Waals surface area contributed by atoms with Crippen molar-refractivity contribution < 1.29 is 4.79 Å². The molecular formula is C19H19N5O. The number of pyridine rings is 1. The van der Waals surface area contributed by atoms with Crippen LogP contribution in [0.25, 0.3) is 0 Å². The van der Waals surface area contributed by atoms with Crippen LogP contribution in [0, 0.1) is 0 Å². The van der Waals surface area contributed by atoms with Gasteiger partial charge in [0.05, 0.1) is 0 Å². The Bertz CT molecular complexity index is 817. The molecule has 0 aliphatic rings. The van der Waals surface area contributed by atoms with E-state index in [0.717, 1.165) is 17.7 Å². The lowest BCUT2D eigenvalue weighted by Gasteiger charge is -2.07. The smallest absolute Gasteiger partial charge is 0.272 e. The van der Waals surface area contributed by atoms with Gasteiger partial charge >= 0.3 is 0 Å². The summed E-state index contributed by atoms with van der Waals surface area (Å²) in [4.78, 5) is 16.1. The maximum absolute atomic E-state index is 12.1. The number of nitrogens with one attached hydrogen (secondary N) is 2. The zero-order valence-electron chi connectivity index (χ0n) is 13.9. The van der Waals surface area contributed by atoms with Gasteiger partial charge in [-0.25, -0.2) is 0 Å². The van der Waals surface area contributed by atoms with Gasteiger partial charge in [-0.15, -0.1) is 10.2 Å². The minimum Gasteiger partial charge on any atom is -0.347 e. The molecular weight excluding hydrogens is 314 g/mol. The van der Waals surface area contributed by atoms with Gasteiger partial charge in [0.2, 0.25) is 0 Å². The molecule has 1 amide bonds. The number of hydrogen-bond donors (Lipinski definition) is 2. The molecule has 0 fully saturated rings. The predicted molar refractivity (Wildman–Crippen MR) is 96.5 cm³/mol. The van der Waals surface area contributed by atoms with Crippen LogP contribution in [0.2, 0.25) is 0 Å². The summed E-state index contributed by atoms with van der Waals surface area (Å²) in [5.41, 5.74) is 3.41. The summed E-state index contributed by atoms with van der Waals surface area (Å²) in [5.74, 6) is 0.322. The number of rotatable bonds is 6. The van der Waals surface area contributed by atoms with Gasteiger partial charge in [-0.3, -0.25) is 9.78 Å². The largest absolute Gasteiger partial charge is 0.347 e. The van der Waals surface area contributed by atoms with E-state index in [9.17, 15) is 4.79 Å². The van der Waals surface area contributed by atoms with Crippen LogP contribution < -0.4 is 10.6 Å². The lowest BCUT2D eigenvalue weighted by Crippen LogP contribution is -2.24. The normalized spacial score (nSPS) is 10.3. The van der Waals surface area contributed by atoms with Crippen molar-refractivity contribution >= 4 is 17.4 Å². The summed E-state index contributed by atoms with van der Waals surface area (Å²) in [6, 6.07) is 15.2. The second kappa shape index (κ2) is 8.01. The standard InChI is InChI=1S/C19H19N5O/c1-2-14-5-7-16(8-6-14)22-18-10-9-17(23-24-18)19(25)21-13-15-4-3-11-20-12-15/h3-12H,2,13H2,1H3,(H,21,25)(H,22,24). The first-order valence-corrected chi connectivity index (χ1v) is 8.11. The van der Waals surface area contributed by atoms with E-state index in [1.165, 1.54) is 5.56 Å². The SMILES string of the molecule is CCc1ccc(Nc2ccc(C(=O)NCc3cccnc3)nn2)cc1. The third-order valence-electron chi connectivity index (χ3n) is 3.71. The number of benzene rings is 1. The maximum atomic E-state index is 12.1. The van der Waals surface area contributed by atoms with E-state index in [-0.39, 0.29) is 11.6 Å². The van der Waals surface area contributed by atoms with Gasteiger partial charge in [0, 0.05) is 24.6 Å². The van der Waals surface area contributed by atoms with Crippen molar-refractivity contribution in [2.24, 2.45) is 0 Å². The number of anilines is 2. The number of amides is 1. The van der Waals surface area contributed by atoms with Gasteiger partial charge in [0.25, 0.3) is 5.91 Å². The number of hydrogen-bond acceptors (Lipinski definition) is 5. The molecule has 25 heavy (non-hydrogen) atoms. The van der Waals surface area contributed by atoms with Crippen molar-refractivity contribution in [3.63, 3.8) is 0 Å². The van der Waals surface area contributed by atoms with Crippen molar-refractivity contribution in [3.8, 4) is 0 Å². The molecule has 0 atom stereocenters. The molecule has 126 valence electrons. The number of carbonyl (C=O) groups excluding carboxylic acids is 1. The monoisotopic (exact) mass is 333 g/mol. The van der Waals surface area contributed by atoms with Crippen molar-refractivity contribution in [3.05, 3.63) is 77.7 Å². The Hall–Kier alpha value is -3.28. The Labute approximate surface area is 146 Å². The third kappa shape index (κ3) is 4.60. The second-order valence-electron chi connectivity index (χ2n) is 5.52. The van der Waals surface area contributed by atoms with Crippen molar-refractivity contribution in [1.82, 2.24) is 20.5 Å². The summed E-state index contributed by atoms with van der Waals surface area (Å²) in [5, 5.41) is 14.0. The fourth-order valence-electron chi connectivity index (χ4n) is 2.27. The lowest BCUT2D eigenvalue weighted by molar-refractivity contribution is 0.0945. The highest BCUT2D eigenvalue weighted by Crippen LogP contribution is 2.15. The Morgan fingerprint density at radius 2 is 1.84 bits per heavy atom. The summed E-state index contributed by atoms with van der Waals surface area (Å²) in [6.07, 6.45) is 4.41. The zero-order valence-corrected chi connectivity index (χ0v) is 13.9. The summed E-state index contributed by atoms with van der Waals surface area (Å²) >= 11 is 0. The van der Waals surface area contributed by atoms with Crippen molar-refractivity contribution in [2.45, 2.75) is 19.9 Å². The van der Waals surface area contributed by atoms with Crippen molar-refractivity contribution in [1.29, 1.82) is 0 Å². The number of aromatic nitrogens is 3. The molecule has 0 aliphatic carbocycles. The van der Waals surface area contributed by atoms with Gasteiger partial charge in [0.15, 0.2) is 11.5 Å². The molecule has 3 aromatic rings. The summed E-state index contributed by atoms with van der Waals surface area (Å²) in [7, 11) is 0. The summed E-state index contributed by atoms with van der Waals surface area (Å²) in [6.45, 7) is 2.52. The first kappa shape index (κ1) is 16.6. The van der Waals surface area contributed by atoms with Crippen LogP contribution in [-0.4, -0.2) is 21.1 Å². The fourth-order valence-corrected chi connectivity index (χ4v) is 2.27. The minimum atomic E-state index is -0.268. The third-order valence-corrected chi connectivity index (χ3v) is 3.71. The Kier molecular flexibility index (Phi) is 5.31. The van der Waals surface area contributed by atoms with E-state index in [1.807, 2.05) is 24.3 Å². The molecule has 0 spiro atoms. The van der Waals surface area contributed by atoms with E-state index in [2.05, 4.69) is 44.9 Å². The molecule has 0 unspecified atom stereocenters. The highest BCUT2D eigenvalue weighted by atomic mass is 16.1. The molecule has 0 aliphatic heterocycles. The van der Waals surface area contributed by atoms with E-state index in [1.54, 1.807) is 24.5 Å². The first-order valence-electron chi connectivity index (χ1n) is 8.11. The van der Waals surface area contributed by atoms with Gasteiger partial charge in [0.1, 0.15) is 0 Å². The van der Waals surface area contributed by atoms with Crippen LogP contribution in [0.3, 0.4) is 0 Å². The highest BCUT2D eigenvalue weighted by Gasteiger charge is 2.08. The molecule has 6 nitrogen and oxygen atoms in total. The molecule has 0 radical (unpaired) electrons. The molecule has 3 rings (SSSR count). The van der Waals surface area contributed by atoms with E-state index < -0.39 is 0 Å². The van der Waals surface area contributed by atoms with Crippen LogP contribution in [0.15, 0.2) is 60.9 Å². The number of carbonyl (C=O) groups is 1. The Balaban J connectivity index is 1.58. The second-order valence-corrected chi connectivity index (χ2v) is 5.52. The molecule has 0 saturated heterocycles. The Morgan fingerprint density at radius 1 is 1.00 bits per heavy atom. The number of aryl methyl sites for hydroxylation is 1. The quantitative estimate of drug-likeness (QED) is 0.724. The molecule has 1 aromatic carbocycles. The van der Waals surface area contributed by atoms with Crippen LogP contribution in [-0.2, 0) is 13.0 Å². The molecule has 2 N–H and O–H groups in total. The zero-order chi connectivity index (χ0) is 17.5. The Morgan fingerprint density at radius 3 is 2.48 bits per heavy atom. The highest BCUT2D eigenvalue weighted by molar-refractivity contribution is 5.92. The topological polar surface area (TPSA) is 79.8 Å². The summed E-state index contributed by atoms with van der Waals surface area (Å²) < 4.78 is 0. The van der Waals surface area contributed by atoms with E-state index in [4.69, 9.17) is 0 Å². The minimum absolute atomic E-state index is 0.268. The van der Waals surface area contributed by atoms with Crippen molar-refractivity contribution in [2.75, 3.05) is 5.32 Å². The number of nitrogens with zero attached hydrogens (tertiary/aromatic N) is 3. The molecule has 6 heteroatoms. The predicted octanol–water partition coefficient (Wildman–Crippen LogP) is 3.11.